The standard InChI is InChI=1S/C9H13N3O/c13-8(9-11-5-6-12-9)7-3-1-2-4-10-7/h5-7,10H,1-4H2,(H,11,12). The molecule has 1 aromatic heterocycles. The number of nitrogens with one attached hydrogen (secondary N) is 2. The van der Waals surface area contributed by atoms with Gasteiger partial charge in [-0.05, 0) is 19.4 Å². The number of hydrogen-bond donors (Lipinski definition) is 2. The molecular formula is C9H13N3O. The fraction of sp³-hybridized carbons (Fsp3) is 0.556. The van der Waals surface area contributed by atoms with Crippen molar-refractivity contribution in [2.24, 2.45) is 0 Å². The monoisotopic (exact) mass is 179 g/mol. The molecular weight excluding hydrogens is 166 g/mol. The van der Waals surface area contributed by atoms with Crippen LogP contribution in [-0.2, 0) is 0 Å². The molecule has 1 saturated heterocycles. The van der Waals surface area contributed by atoms with Gasteiger partial charge in [-0.3, -0.25) is 4.79 Å². The maximum absolute atomic E-state index is 11.7. The Labute approximate surface area is 76.8 Å². The lowest BCUT2D eigenvalue weighted by Crippen LogP contribution is -2.40. The van der Waals surface area contributed by atoms with E-state index in [1.807, 2.05) is 0 Å². The van der Waals surface area contributed by atoms with E-state index in [2.05, 4.69) is 15.3 Å². The zero-order chi connectivity index (χ0) is 9.10. The molecule has 0 saturated carbocycles. The van der Waals surface area contributed by atoms with Crippen LogP contribution in [0.4, 0.5) is 0 Å². The molecule has 0 bridgehead atoms. The van der Waals surface area contributed by atoms with Gasteiger partial charge >= 0.3 is 0 Å². The van der Waals surface area contributed by atoms with Crippen LogP contribution in [0.2, 0.25) is 0 Å². The minimum absolute atomic E-state index is 0.0279. The van der Waals surface area contributed by atoms with Crippen LogP contribution in [0.3, 0.4) is 0 Å². The van der Waals surface area contributed by atoms with Gasteiger partial charge in [0.05, 0.1) is 6.04 Å². The molecule has 1 aliphatic rings. The van der Waals surface area contributed by atoms with Gasteiger partial charge in [-0.25, -0.2) is 4.98 Å². The lowest BCUT2D eigenvalue weighted by molar-refractivity contribution is 0.0917. The van der Waals surface area contributed by atoms with Crippen molar-refractivity contribution in [1.82, 2.24) is 15.3 Å². The normalized spacial score (nSPS) is 22.9. The summed E-state index contributed by atoms with van der Waals surface area (Å²) in [5.74, 6) is 0.559. The molecule has 4 heteroatoms. The molecule has 1 aromatic rings. The molecule has 13 heavy (non-hydrogen) atoms. The zero-order valence-corrected chi connectivity index (χ0v) is 7.42. The number of aromatic amines is 1. The van der Waals surface area contributed by atoms with E-state index in [1.165, 1.54) is 6.42 Å². The third kappa shape index (κ3) is 1.78. The molecule has 0 radical (unpaired) electrons. The van der Waals surface area contributed by atoms with Crippen LogP contribution in [0.15, 0.2) is 12.4 Å². The minimum atomic E-state index is -0.0279. The molecule has 1 fully saturated rings. The number of carbonyl (C=O) groups excluding carboxylic acids is 1. The van der Waals surface area contributed by atoms with Gasteiger partial charge in [0, 0.05) is 12.4 Å². The van der Waals surface area contributed by atoms with Gasteiger partial charge in [0.25, 0.3) is 0 Å². The fourth-order valence-corrected chi connectivity index (χ4v) is 1.64. The Balaban J connectivity index is 2.04. The molecule has 70 valence electrons. The van der Waals surface area contributed by atoms with Crippen LogP contribution in [0, 0.1) is 0 Å². The number of piperidine rings is 1. The summed E-state index contributed by atoms with van der Waals surface area (Å²) >= 11 is 0. The molecule has 0 aromatic carbocycles. The van der Waals surface area contributed by atoms with Crippen LogP contribution in [-0.4, -0.2) is 28.3 Å². The second-order valence-electron chi connectivity index (χ2n) is 3.30. The minimum Gasteiger partial charge on any atom is -0.342 e. The smallest absolute Gasteiger partial charge is 0.214 e. The Morgan fingerprint density at radius 1 is 1.54 bits per heavy atom. The van der Waals surface area contributed by atoms with Crippen molar-refractivity contribution in [3.8, 4) is 0 Å². The SMILES string of the molecule is O=C(c1ncc[nH]1)C1CCCCN1. The van der Waals surface area contributed by atoms with E-state index in [9.17, 15) is 4.79 Å². The summed E-state index contributed by atoms with van der Waals surface area (Å²) in [6.45, 7) is 0.942. The number of hydrogen-bond acceptors (Lipinski definition) is 3. The van der Waals surface area contributed by atoms with E-state index in [1.54, 1.807) is 12.4 Å². The van der Waals surface area contributed by atoms with Crippen LogP contribution >= 0.6 is 0 Å². The van der Waals surface area contributed by atoms with Crippen molar-refractivity contribution < 1.29 is 4.79 Å². The number of H-pyrrole nitrogens is 1. The number of nitrogens with zero attached hydrogens (tertiary/aromatic N) is 1. The highest BCUT2D eigenvalue weighted by atomic mass is 16.1. The Kier molecular flexibility index (Phi) is 2.40. The Hall–Kier alpha value is -1.16. The van der Waals surface area contributed by atoms with Gasteiger partial charge in [-0.1, -0.05) is 6.42 Å². The largest absolute Gasteiger partial charge is 0.342 e. The molecule has 0 aliphatic carbocycles. The predicted octanol–water partition coefficient (Wildman–Crippen LogP) is 0.734. The van der Waals surface area contributed by atoms with Gasteiger partial charge in [-0.2, -0.15) is 0 Å². The average molecular weight is 179 g/mol. The van der Waals surface area contributed by atoms with Crippen molar-refractivity contribution in [3.63, 3.8) is 0 Å². The Bertz CT molecular complexity index is 275. The van der Waals surface area contributed by atoms with Crippen molar-refractivity contribution in [2.75, 3.05) is 6.54 Å². The molecule has 0 amide bonds. The molecule has 0 spiro atoms. The van der Waals surface area contributed by atoms with Gasteiger partial charge in [-0.15, -0.1) is 0 Å². The topological polar surface area (TPSA) is 57.8 Å². The van der Waals surface area contributed by atoms with Gasteiger partial charge in [0.15, 0.2) is 5.82 Å². The van der Waals surface area contributed by atoms with Crippen LogP contribution < -0.4 is 5.32 Å². The lowest BCUT2D eigenvalue weighted by atomic mass is 10.0. The second kappa shape index (κ2) is 3.70. The first-order valence-electron chi connectivity index (χ1n) is 4.65. The van der Waals surface area contributed by atoms with E-state index in [4.69, 9.17) is 0 Å². The van der Waals surface area contributed by atoms with Crippen LogP contribution in [0.1, 0.15) is 29.9 Å². The number of rotatable bonds is 2. The fourth-order valence-electron chi connectivity index (χ4n) is 1.64. The molecule has 1 aliphatic heterocycles. The highest BCUT2D eigenvalue weighted by Crippen LogP contribution is 2.10. The highest BCUT2D eigenvalue weighted by Gasteiger charge is 2.22. The van der Waals surface area contributed by atoms with E-state index < -0.39 is 0 Å². The maximum atomic E-state index is 11.7. The first kappa shape index (κ1) is 8.44. The summed E-state index contributed by atoms with van der Waals surface area (Å²) in [6.07, 6.45) is 6.51. The van der Waals surface area contributed by atoms with Crippen molar-refractivity contribution in [3.05, 3.63) is 18.2 Å². The Morgan fingerprint density at radius 2 is 2.46 bits per heavy atom. The number of imidazole rings is 1. The third-order valence-electron chi connectivity index (χ3n) is 2.36. The van der Waals surface area contributed by atoms with Crippen LogP contribution in [0.25, 0.3) is 0 Å². The molecule has 2 heterocycles. The van der Waals surface area contributed by atoms with E-state index in [0.29, 0.717) is 5.82 Å². The van der Waals surface area contributed by atoms with Crippen molar-refractivity contribution in [1.29, 1.82) is 0 Å². The summed E-state index contributed by atoms with van der Waals surface area (Å²) in [5, 5.41) is 3.20. The molecule has 1 atom stereocenters. The van der Waals surface area contributed by atoms with Gasteiger partial charge in [0.2, 0.25) is 5.78 Å². The van der Waals surface area contributed by atoms with E-state index in [0.717, 1.165) is 19.4 Å². The molecule has 2 N–H and O–H groups in total. The maximum Gasteiger partial charge on any atom is 0.214 e. The second-order valence-corrected chi connectivity index (χ2v) is 3.30. The average Bonchev–Trinajstić information content (AvgIpc) is 2.71. The molecule has 1 unspecified atom stereocenters. The quantitative estimate of drug-likeness (QED) is 0.658. The molecule has 4 nitrogen and oxygen atoms in total. The van der Waals surface area contributed by atoms with E-state index >= 15 is 0 Å². The Morgan fingerprint density at radius 3 is 3.08 bits per heavy atom. The van der Waals surface area contributed by atoms with Gasteiger partial charge in [0.1, 0.15) is 0 Å². The number of ketones is 1. The highest BCUT2D eigenvalue weighted by molar-refractivity contribution is 5.96. The number of carbonyl (C=O) groups is 1. The number of Topliss-reactive ketones (excluding diaryl/α,β-unsaturated/α-hetero) is 1. The predicted molar refractivity (Wildman–Crippen MR) is 48.6 cm³/mol. The summed E-state index contributed by atoms with van der Waals surface area (Å²) in [5.41, 5.74) is 0. The summed E-state index contributed by atoms with van der Waals surface area (Å²) < 4.78 is 0. The molecule has 2 rings (SSSR count). The zero-order valence-electron chi connectivity index (χ0n) is 7.42. The first-order chi connectivity index (χ1) is 6.38. The summed E-state index contributed by atoms with van der Waals surface area (Å²) in [4.78, 5) is 18.5. The summed E-state index contributed by atoms with van der Waals surface area (Å²) in [6, 6.07) is -0.0279. The van der Waals surface area contributed by atoms with Crippen molar-refractivity contribution >= 4 is 5.78 Å². The van der Waals surface area contributed by atoms with Crippen LogP contribution in [0.5, 0.6) is 0 Å². The first-order valence-corrected chi connectivity index (χ1v) is 4.65. The van der Waals surface area contributed by atoms with Crippen molar-refractivity contribution in [2.45, 2.75) is 25.3 Å². The van der Waals surface area contributed by atoms with Gasteiger partial charge < -0.3 is 10.3 Å². The summed E-state index contributed by atoms with van der Waals surface area (Å²) in [7, 11) is 0. The number of aromatic nitrogens is 2. The lowest BCUT2D eigenvalue weighted by Gasteiger charge is -2.20. The van der Waals surface area contributed by atoms with E-state index in [-0.39, 0.29) is 11.8 Å². The third-order valence-corrected chi connectivity index (χ3v) is 2.36.